The molecule has 0 aromatic carbocycles. The van der Waals surface area contributed by atoms with E-state index in [-0.39, 0.29) is 0 Å². The Hall–Kier alpha value is -1.67. The molecule has 1 aromatic rings. The number of aromatic nitrogens is 2. The van der Waals surface area contributed by atoms with Gasteiger partial charge in [-0.25, -0.2) is 0 Å². The molecule has 1 saturated carbocycles. The molecule has 0 bridgehead atoms. The van der Waals surface area contributed by atoms with Gasteiger partial charge in [0.25, 0.3) is 0 Å². The van der Waals surface area contributed by atoms with Crippen molar-refractivity contribution in [3.63, 3.8) is 0 Å². The van der Waals surface area contributed by atoms with Gasteiger partial charge in [0.1, 0.15) is 0 Å². The van der Waals surface area contributed by atoms with E-state index in [1.54, 1.807) is 0 Å². The summed E-state index contributed by atoms with van der Waals surface area (Å²) in [5.41, 5.74) is 1.15. The third-order valence-corrected chi connectivity index (χ3v) is 4.19. The van der Waals surface area contributed by atoms with Crippen LogP contribution in [-0.4, -0.2) is 47.8 Å². The Labute approximate surface area is 113 Å². The van der Waals surface area contributed by atoms with Crippen molar-refractivity contribution in [3.8, 4) is 6.07 Å². The topological polar surface area (TPSA) is 56.1 Å². The van der Waals surface area contributed by atoms with Crippen LogP contribution in [0.15, 0.2) is 12.1 Å². The third kappa shape index (κ3) is 2.69. The van der Waals surface area contributed by atoms with Gasteiger partial charge in [-0.3, -0.25) is 4.90 Å². The first-order valence-electron chi connectivity index (χ1n) is 7.04. The lowest BCUT2D eigenvalue weighted by Gasteiger charge is -2.34. The molecule has 2 aliphatic rings. The lowest BCUT2D eigenvalue weighted by Crippen LogP contribution is -2.46. The Kier molecular flexibility index (Phi) is 3.60. The molecule has 19 heavy (non-hydrogen) atoms. The van der Waals surface area contributed by atoms with Crippen LogP contribution >= 0.6 is 0 Å². The number of rotatable bonds is 3. The van der Waals surface area contributed by atoms with Gasteiger partial charge in [-0.1, -0.05) is 6.42 Å². The minimum Gasteiger partial charge on any atom is -0.353 e. The highest BCUT2D eigenvalue weighted by Crippen LogP contribution is 2.35. The van der Waals surface area contributed by atoms with Crippen LogP contribution in [-0.2, 0) is 0 Å². The molecule has 2 fully saturated rings. The molecule has 0 unspecified atom stereocenters. The molecule has 0 spiro atoms. The summed E-state index contributed by atoms with van der Waals surface area (Å²) in [5, 5.41) is 17.4. The summed E-state index contributed by atoms with van der Waals surface area (Å²) in [6.45, 7) is 4.25. The number of piperazine rings is 1. The van der Waals surface area contributed by atoms with E-state index in [1.807, 2.05) is 0 Å². The highest BCUT2D eigenvalue weighted by molar-refractivity contribution is 5.38. The van der Waals surface area contributed by atoms with E-state index in [4.69, 9.17) is 5.26 Å². The molecular weight excluding hydrogens is 238 g/mol. The van der Waals surface area contributed by atoms with Crippen LogP contribution in [0, 0.1) is 11.3 Å². The first-order chi connectivity index (χ1) is 9.36. The van der Waals surface area contributed by atoms with E-state index in [1.165, 1.54) is 19.3 Å². The van der Waals surface area contributed by atoms with Gasteiger partial charge in [-0.2, -0.15) is 10.4 Å². The maximum Gasteiger partial charge on any atom is 0.151 e. The first-order valence-corrected chi connectivity index (χ1v) is 7.04. The molecule has 5 heteroatoms. The lowest BCUT2D eigenvalue weighted by atomic mass is 9.83. The Morgan fingerprint density at radius 2 is 1.95 bits per heavy atom. The second kappa shape index (κ2) is 5.54. The maximum atomic E-state index is 8.69. The smallest absolute Gasteiger partial charge is 0.151 e. The molecule has 3 rings (SSSR count). The summed E-state index contributed by atoms with van der Waals surface area (Å²) in [4.78, 5) is 4.43. The molecule has 0 atom stereocenters. The Morgan fingerprint density at radius 1 is 1.16 bits per heavy atom. The molecule has 1 aromatic heterocycles. The predicted octanol–water partition coefficient (Wildman–Crippen LogP) is 1.39. The molecule has 100 valence electrons. The Balaban J connectivity index is 1.59. The lowest BCUT2D eigenvalue weighted by molar-refractivity contribution is 0.286. The zero-order chi connectivity index (χ0) is 13.1. The van der Waals surface area contributed by atoms with E-state index in [2.05, 4.69) is 38.2 Å². The number of anilines is 1. The van der Waals surface area contributed by atoms with Gasteiger partial charge in [0.2, 0.25) is 0 Å². The molecule has 0 amide bonds. The SMILES string of the molecule is N#CCN1CCN(c2ccc(C3CCC3)nn2)CC1. The molecule has 5 nitrogen and oxygen atoms in total. The van der Waals surface area contributed by atoms with Crippen LogP contribution in [0.25, 0.3) is 0 Å². The highest BCUT2D eigenvalue weighted by Gasteiger charge is 2.22. The van der Waals surface area contributed by atoms with Crippen molar-refractivity contribution in [2.24, 2.45) is 0 Å². The average molecular weight is 257 g/mol. The summed E-state index contributed by atoms with van der Waals surface area (Å²) < 4.78 is 0. The molecule has 0 N–H and O–H groups in total. The monoisotopic (exact) mass is 257 g/mol. The minimum atomic E-state index is 0.528. The maximum absolute atomic E-state index is 8.69. The molecule has 1 saturated heterocycles. The van der Waals surface area contributed by atoms with Gasteiger partial charge in [0.15, 0.2) is 5.82 Å². The Bertz CT molecular complexity index is 452. The van der Waals surface area contributed by atoms with Crippen molar-refractivity contribution in [2.75, 3.05) is 37.6 Å². The first kappa shape index (κ1) is 12.4. The number of hydrogen-bond acceptors (Lipinski definition) is 5. The fourth-order valence-electron chi connectivity index (χ4n) is 2.66. The standard InChI is InChI=1S/C14H19N5/c15-6-7-18-8-10-19(11-9-18)14-5-4-13(16-17-14)12-2-1-3-12/h4-5,12H,1-3,7-11H2. The second-order valence-corrected chi connectivity index (χ2v) is 5.37. The molecule has 1 aliphatic heterocycles. The quantitative estimate of drug-likeness (QED) is 0.766. The number of nitrogens with zero attached hydrogens (tertiary/aromatic N) is 5. The van der Waals surface area contributed by atoms with Crippen LogP contribution in [0.4, 0.5) is 5.82 Å². The highest BCUT2D eigenvalue weighted by atomic mass is 15.3. The molecular formula is C14H19N5. The van der Waals surface area contributed by atoms with E-state index < -0.39 is 0 Å². The van der Waals surface area contributed by atoms with E-state index in [9.17, 15) is 0 Å². The third-order valence-electron chi connectivity index (χ3n) is 4.19. The van der Waals surface area contributed by atoms with Crippen LogP contribution in [0.5, 0.6) is 0 Å². The van der Waals surface area contributed by atoms with E-state index in [0.29, 0.717) is 12.5 Å². The fourth-order valence-corrected chi connectivity index (χ4v) is 2.66. The predicted molar refractivity (Wildman–Crippen MR) is 72.9 cm³/mol. The van der Waals surface area contributed by atoms with Crippen molar-refractivity contribution in [1.29, 1.82) is 5.26 Å². The van der Waals surface area contributed by atoms with Gasteiger partial charge in [-0.05, 0) is 25.0 Å². The summed E-state index contributed by atoms with van der Waals surface area (Å²) in [6, 6.07) is 6.43. The summed E-state index contributed by atoms with van der Waals surface area (Å²) >= 11 is 0. The zero-order valence-corrected chi connectivity index (χ0v) is 11.1. The minimum absolute atomic E-state index is 0.528. The zero-order valence-electron chi connectivity index (χ0n) is 11.1. The van der Waals surface area contributed by atoms with Crippen molar-refractivity contribution in [1.82, 2.24) is 15.1 Å². The van der Waals surface area contributed by atoms with Gasteiger partial charge in [0.05, 0.1) is 18.3 Å². The molecule has 0 radical (unpaired) electrons. The van der Waals surface area contributed by atoms with Gasteiger partial charge in [0, 0.05) is 32.1 Å². The number of hydrogen-bond donors (Lipinski definition) is 0. The van der Waals surface area contributed by atoms with E-state index >= 15 is 0 Å². The van der Waals surface area contributed by atoms with Crippen LogP contribution in [0.1, 0.15) is 30.9 Å². The van der Waals surface area contributed by atoms with Gasteiger partial charge >= 0.3 is 0 Å². The molecule has 2 heterocycles. The van der Waals surface area contributed by atoms with Crippen LogP contribution in [0.2, 0.25) is 0 Å². The summed E-state index contributed by atoms with van der Waals surface area (Å²) in [5.74, 6) is 1.62. The average Bonchev–Trinajstić information content (AvgIpc) is 2.39. The van der Waals surface area contributed by atoms with E-state index in [0.717, 1.165) is 37.7 Å². The van der Waals surface area contributed by atoms with Crippen LogP contribution < -0.4 is 4.90 Å². The van der Waals surface area contributed by atoms with Crippen molar-refractivity contribution in [2.45, 2.75) is 25.2 Å². The van der Waals surface area contributed by atoms with Crippen LogP contribution in [0.3, 0.4) is 0 Å². The molecule has 1 aliphatic carbocycles. The van der Waals surface area contributed by atoms with Gasteiger partial charge in [-0.15, -0.1) is 5.10 Å². The normalized spacial score (nSPS) is 20.9. The summed E-state index contributed by atoms with van der Waals surface area (Å²) in [6.07, 6.45) is 3.86. The van der Waals surface area contributed by atoms with Gasteiger partial charge < -0.3 is 4.90 Å². The summed E-state index contributed by atoms with van der Waals surface area (Å²) in [7, 11) is 0. The fraction of sp³-hybridized carbons (Fsp3) is 0.643. The van der Waals surface area contributed by atoms with Crippen molar-refractivity contribution in [3.05, 3.63) is 17.8 Å². The van der Waals surface area contributed by atoms with Crippen molar-refractivity contribution < 1.29 is 0 Å². The Morgan fingerprint density at radius 3 is 2.47 bits per heavy atom. The largest absolute Gasteiger partial charge is 0.353 e. The number of nitriles is 1. The second-order valence-electron chi connectivity index (χ2n) is 5.37. The van der Waals surface area contributed by atoms with Crippen molar-refractivity contribution >= 4 is 5.82 Å².